The van der Waals surface area contributed by atoms with E-state index in [1.807, 2.05) is 0 Å². The van der Waals surface area contributed by atoms with E-state index in [1.165, 1.54) is 44.9 Å². The van der Waals surface area contributed by atoms with Gasteiger partial charge in [-0.3, -0.25) is 9.69 Å². The van der Waals surface area contributed by atoms with Crippen LogP contribution in [0.1, 0.15) is 65.2 Å². The minimum absolute atomic E-state index is 0.140. The maximum Gasteiger partial charge on any atom is 0.234 e. The summed E-state index contributed by atoms with van der Waals surface area (Å²) in [7, 11) is 0. The molecule has 2 fully saturated rings. The Morgan fingerprint density at radius 3 is 2.50 bits per heavy atom. The van der Waals surface area contributed by atoms with Crippen LogP contribution in [0.25, 0.3) is 0 Å². The third-order valence-corrected chi connectivity index (χ3v) is 5.88. The number of carbonyl (C=O) groups is 1. The Hall–Kier alpha value is -0.610. The number of nitrogens with one attached hydrogen (secondary N) is 1. The second kappa shape index (κ2) is 8.88. The first-order valence-electron chi connectivity index (χ1n) is 9.26. The molecule has 0 saturated heterocycles. The molecule has 3 unspecified atom stereocenters. The van der Waals surface area contributed by atoms with Gasteiger partial charge in [0.05, 0.1) is 13.2 Å². The molecule has 2 aliphatic carbocycles. The molecule has 2 N–H and O–H groups in total. The number of nitrogens with zero attached hydrogens (tertiary/aromatic N) is 1. The van der Waals surface area contributed by atoms with Gasteiger partial charge in [-0.2, -0.15) is 0 Å². The molecule has 0 aromatic carbocycles. The van der Waals surface area contributed by atoms with Crippen LogP contribution < -0.4 is 5.32 Å². The van der Waals surface area contributed by atoms with E-state index in [9.17, 15) is 9.90 Å². The highest BCUT2D eigenvalue weighted by Crippen LogP contribution is 2.29. The lowest BCUT2D eigenvalue weighted by Crippen LogP contribution is -2.50. The topological polar surface area (TPSA) is 52.6 Å². The minimum Gasteiger partial charge on any atom is -0.395 e. The number of aliphatic hydroxyl groups is 1. The Bertz CT molecular complexity index is 342. The zero-order valence-electron chi connectivity index (χ0n) is 14.4. The first-order chi connectivity index (χ1) is 10.6. The number of rotatable bonds is 6. The average Bonchev–Trinajstić information content (AvgIpc) is 2.52. The summed E-state index contributed by atoms with van der Waals surface area (Å²) in [5.74, 6) is 1.41. The van der Waals surface area contributed by atoms with Gasteiger partial charge in [0.2, 0.25) is 5.91 Å². The van der Waals surface area contributed by atoms with E-state index in [0.29, 0.717) is 37.0 Å². The Kier molecular flexibility index (Phi) is 7.16. The summed E-state index contributed by atoms with van der Waals surface area (Å²) in [6, 6.07) is 0.813. The molecule has 128 valence electrons. The zero-order chi connectivity index (χ0) is 15.9. The van der Waals surface area contributed by atoms with Crippen LogP contribution in [0.3, 0.4) is 0 Å². The van der Waals surface area contributed by atoms with Gasteiger partial charge in [0, 0.05) is 18.6 Å². The molecular formula is C18H34N2O2. The molecule has 4 heteroatoms. The summed E-state index contributed by atoms with van der Waals surface area (Å²) in [4.78, 5) is 14.7. The lowest BCUT2D eigenvalue weighted by Gasteiger charge is -2.36. The van der Waals surface area contributed by atoms with Crippen LogP contribution in [0, 0.1) is 11.8 Å². The van der Waals surface area contributed by atoms with Crippen LogP contribution >= 0.6 is 0 Å². The molecule has 3 atom stereocenters. The van der Waals surface area contributed by atoms with Crippen molar-refractivity contribution in [2.45, 2.75) is 77.3 Å². The van der Waals surface area contributed by atoms with Crippen molar-refractivity contribution in [1.29, 1.82) is 0 Å². The van der Waals surface area contributed by atoms with E-state index >= 15 is 0 Å². The van der Waals surface area contributed by atoms with Crippen LogP contribution in [0.4, 0.5) is 0 Å². The molecular weight excluding hydrogens is 276 g/mol. The largest absolute Gasteiger partial charge is 0.395 e. The van der Waals surface area contributed by atoms with E-state index in [-0.39, 0.29) is 12.5 Å². The van der Waals surface area contributed by atoms with Crippen LogP contribution in [0.2, 0.25) is 0 Å². The van der Waals surface area contributed by atoms with E-state index < -0.39 is 0 Å². The minimum atomic E-state index is 0.140. The smallest absolute Gasteiger partial charge is 0.234 e. The average molecular weight is 310 g/mol. The van der Waals surface area contributed by atoms with Gasteiger partial charge in [-0.25, -0.2) is 0 Å². The third-order valence-electron chi connectivity index (χ3n) is 5.88. The first-order valence-corrected chi connectivity index (χ1v) is 9.26. The van der Waals surface area contributed by atoms with Crippen molar-refractivity contribution >= 4 is 5.91 Å². The molecule has 0 aromatic heterocycles. The van der Waals surface area contributed by atoms with Gasteiger partial charge in [0.15, 0.2) is 0 Å². The van der Waals surface area contributed by atoms with Crippen LogP contribution in [0.15, 0.2) is 0 Å². The highest BCUT2D eigenvalue weighted by molar-refractivity contribution is 5.78. The van der Waals surface area contributed by atoms with Crippen molar-refractivity contribution in [3.05, 3.63) is 0 Å². The Morgan fingerprint density at radius 2 is 1.82 bits per heavy atom. The summed E-state index contributed by atoms with van der Waals surface area (Å²) >= 11 is 0. The number of carbonyl (C=O) groups excluding carboxylic acids is 1. The van der Waals surface area contributed by atoms with Gasteiger partial charge in [0.25, 0.3) is 0 Å². The highest BCUT2D eigenvalue weighted by atomic mass is 16.3. The molecule has 2 saturated carbocycles. The fourth-order valence-electron chi connectivity index (χ4n) is 4.19. The summed E-state index contributed by atoms with van der Waals surface area (Å²) < 4.78 is 0. The van der Waals surface area contributed by atoms with Crippen LogP contribution in [-0.2, 0) is 4.79 Å². The van der Waals surface area contributed by atoms with Crippen molar-refractivity contribution < 1.29 is 9.90 Å². The van der Waals surface area contributed by atoms with Gasteiger partial charge in [-0.05, 0) is 31.1 Å². The Morgan fingerprint density at radius 1 is 1.09 bits per heavy atom. The van der Waals surface area contributed by atoms with Gasteiger partial charge in [-0.1, -0.05) is 46.0 Å². The predicted molar refractivity (Wildman–Crippen MR) is 89.6 cm³/mol. The fourth-order valence-corrected chi connectivity index (χ4v) is 4.19. The van der Waals surface area contributed by atoms with Gasteiger partial charge < -0.3 is 10.4 Å². The van der Waals surface area contributed by atoms with Crippen LogP contribution in [0.5, 0.6) is 0 Å². The summed E-state index contributed by atoms with van der Waals surface area (Å²) in [5, 5.41) is 12.6. The predicted octanol–water partition coefficient (Wildman–Crippen LogP) is 2.55. The van der Waals surface area contributed by atoms with Crippen molar-refractivity contribution in [3.8, 4) is 0 Å². The summed E-state index contributed by atoms with van der Waals surface area (Å²) in [6.45, 7) is 5.77. The molecule has 0 aromatic rings. The maximum atomic E-state index is 12.5. The van der Waals surface area contributed by atoms with Crippen molar-refractivity contribution in [2.75, 3.05) is 19.7 Å². The van der Waals surface area contributed by atoms with Crippen LogP contribution in [-0.4, -0.2) is 47.7 Å². The van der Waals surface area contributed by atoms with Gasteiger partial charge in [0.1, 0.15) is 0 Å². The lowest BCUT2D eigenvalue weighted by atomic mass is 9.78. The second-order valence-electron chi connectivity index (χ2n) is 7.43. The van der Waals surface area contributed by atoms with E-state index in [0.717, 1.165) is 6.42 Å². The summed E-state index contributed by atoms with van der Waals surface area (Å²) in [6.07, 6.45) is 9.78. The normalized spacial score (nSPS) is 30.5. The summed E-state index contributed by atoms with van der Waals surface area (Å²) in [5.41, 5.74) is 0. The van der Waals surface area contributed by atoms with Gasteiger partial charge in [-0.15, -0.1) is 0 Å². The number of aliphatic hydroxyl groups excluding tert-OH is 1. The Labute approximate surface area is 135 Å². The third kappa shape index (κ3) is 4.95. The van der Waals surface area contributed by atoms with E-state index in [2.05, 4.69) is 24.1 Å². The van der Waals surface area contributed by atoms with E-state index in [4.69, 9.17) is 0 Å². The Balaban J connectivity index is 1.84. The molecule has 2 rings (SSSR count). The van der Waals surface area contributed by atoms with E-state index in [1.54, 1.807) is 0 Å². The molecule has 0 bridgehead atoms. The first kappa shape index (κ1) is 17.7. The molecule has 2 aliphatic rings. The zero-order valence-corrected chi connectivity index (χ0v) is 14.4. The SMILES string of the molecule is CC1CCCC(NC(=O)CN(CCO)C2CCCCC2)C1C. The number of amides is 1. The molecule has 4 nitrogen and oxygen atoms in total. The second-order valence-corrected chi connectivity index (χ2v) is 7.43. The van der Waals surface area contributed by atoms with Crippen molar-refractivity contribution in [2.24, 2.45) is 11.8 Å². The standard InChI is InChI=1S/C18H34N2O2/c1-14-7-6-10-17(15(14)2)19-18(22)13-20(11-12-21)16-8-4-3-5-9-16/h14-17,21H,3-13H2,1-2H3,(H,19,22). The monoisotopic (exact) mass is 310 g/mol. The van der Waals surface area contributed by atoms with Crippen molar-refractivity contribution in [1.82, 2.24) is 10.2 Å². The molecule has 0 spiro atoms. The quantitative estimate of drug-likeness (QED) is 0.793. The molecule has 1 amide bonds. The lowest BCUT2D eigenvalue weighted by molar-refractivity contribution is -0.124. The highest BCUT2D eigenvalue weighted by Gasteiger charge is 2.29. The van der Waals surface area contributed by atoms with Gasteiger partial charge >= 0.3 is 0 Å². The number of hydrogen-bond donors (Lipinski definition) is 2. The maximum absolute atomic E-state index is 12.5. The van der Waals surface area contributed by atoms with Crippen molar-refractivity contribution in [3.63, 3.8) is 0 Å². The fraction of sp³-hybridized carbons (Fsp3) is 0.944. The molecule has 22 heavy (non-hydrogen) atoms. The molecule has 0 heterocycles. The molecule has 0 aliphatic heterocycles. The number of hydrogen-bond acceptors (Lipinski definition) is 3. The molecule has 0 radical (unpaired) electrons.